The Balaban J connectivity index is 2.35. The largest absolute Gasteiger partial charge is 0.386 e. The average molecular weight is 285 g/mol. The van der Waals surface area contributed by atoms with Crippen LogP contribution in [0, 0.1) is 6.92 Å². The first-order chi connectivity index (χ1) is 8.56. The van der Waals surface area contributed by atoms with Crippen LogP contribution in [0.4, 0.5) is 0 Å². The van der Waals surface area contributed by atoms with E-state index in [1.165, 1.54) is 26.0 Å². The molecule has 5 nitrogen and oxygen atoms in total. The molecule has 0 unspecified atom stereocenters. The number of hydrogen-bond donors (Lipinski definition) is 2. The van der Waals surface area contributed by atoms with Gasteiger partial charge in [0.25, 0.3) is 0 Å². The predicted octanol–water partition coefficient (Wildman–Crippen LogP) is 0.501. The molecule has 1 fully saturated rings. The van der Waals surface area contributed by atoms with Crippen LogP contribution in [0.2, 0.25) is 0 Å². The lowest BCUT2D eigenvalue weighted by molar-refractivity contribution is -0.0935. The summed E-state index contributed by atoms with van der Waals surface area (Å²) in [4.78, 5) is 0.173. The molecule has 1 heterocycles. The number of sulfonamides is 1. The molecule has 1 aromatic rings. The lowest BCUT2D eigenvalue weighted by Crippen LogP contribution is -2.48. The maximum Gasteiger partial charge on any atom is 0.243 e. The van der Waals surface area contributed by atoms with Gasteiger partial charge in [-0.3, -0.25) is 0 Å². The molecule has 2 N–H and O–H groups in total. The Hall–Kier alpha value is -0.950. The van der Waals surface area contributed by atoms with Crippen LogP contribution in [0.25, 0.3) is 0 Å². The van der Waals surface area contributed by atoms with Crippen LogP contribution in [0.15, 0.2) is 29.2 Å². The molecule has 0 bridgehead atoms. The molecule has 1 aliphatic rings. The summed E-state index contributed by atoms with van der Waals surface area (Å²) in [5, 5.41) is 20.2. The van der Waals surface area contributed by atoms with E-state index in [0.29, 0.717) is 0 Å². The van der Waals surface area contributed by atoms with Gasteiger partial charge in [-0.15, -0.1) is 0 Å². The second kappa shape index (κ2) is 4.28. The minimum Gasteiger partial charge on any atom is -0.386 e. The highest BCUT2D eigenvalue weighted by atomic mass is 32.2. The third-order valence-corrected chi connectivity index (χ3v) is 5.59. The number of nitrogens with zero attached hydrogens (tertiary/aromatic N) is 1. The Bertz CT molecular complexity index is 559. The van der Waals surface area contributed by atoms with Crippen LogP contribution in [0.1, 0.15) is 19.4 Å². The summed E-state index contributed by atoms with van der Waals surface area (Å²) in [6.07, 6.45) is 0. The first-order valence-electron chi connectivity index (χ1n) is 6.08. The van der Waals surface area contributed by atoms with Gasteiger partial charge in [-0.1, -0.05) is 17.7 Å². The molecule has 19 heavy (non-hydrogen) atoms. The van der Waals surface area contributed by atoms with Crippen molar-refractivity contribution in [2.75, 3.05) is 13.1 Å². The highest BCUT2D eigenvalue weighted by molar-refractivity contribution is 7.89. The van der Waals surface area contributed by atoms with E-state index in [4.69, 9.17) is 0 Å². The van der Waals surface area contributed by atoms with Gasteiger partial charge in [0, 0.05) is 13.1 Å². The molecule has 0 radical (unpaired) electrons. The zero-order valence-electron chi connectivity index (χ0n) is 11.3. The van der Waals surface area contributed by atoms with Gasteiger partial charge in [-0.05, 0) is 32.9 Å². The summed E-state index contributed by atoms with van der Waals surface area (Å²) in [5.41, 5.74) is -1.94. The van der Waals surface area contributed by atoms with Crippen molar-refractivity contribution in [1.82, 2.24) is 4.31 Å². The normalized spacial score (nSPS) is 32.7. The lowest BCUT2D eigenvalue weighted by Gasteiger charge is -2.29. The van der Waals surface area contributed by atoms with E-state index in [2.05, 4.69) is 0 Å². The maximum absolute atomic E-state index is 12.4. The van der Waals surface area contributed by atoms with Crippen molar-refractivity contribution >= 4 is 10.0 Å². The van der Waals surface area contributed by atoms with Crippen molar-refractivity contribution in [1.29, 1.82) is 0 Å². The summed E-state index contributed by atoms with van der Waals surface area (Å²) >= 11 is 0. The van der Waals surface area contributed by atoms with E-state index in [1.807, 2.05) is 6.92 Å². The smallest absolute Gasteiger partial charge is 0.243 e. The van der Waals surface area contributed by atoms with E-state index in [9.17, 15) is 18.6 Å². The van der Waals surface area contributed by atoms with Gasteiger partial charge in [-0.2, -0.15) is 4.31 Å². The molecule has 2 atom stereocenters. The minimum atomic E-state index is -3.68. The zero-order chi connectivity index (χ0) is 14.5. The first-order valence-corrected chi connectivity index (χ1v) is 7.52. The van der Waals surface area contributed by atoms with Gasteiger partial charge in [0.05, 0.1) is 4.90 Å². The van der Waals surface area contributed by atoms with Crippen molar-refractivity contribution in [2.45, 2.75) is 36.9 Å². The monoisotopic (exact) mass is 285 g/mol. The van der Waals surface area contributed by atoms with E-state index in [1.54, 1.807) is 12.1 Å². The SMILES string of the molecule is Cc1ccc(S(=O)(=O)N2C[C@@](C)(O)[C@](C)(O)C2)cc1. The Morgan fingerprint density at radius 3 is 1.89 bits per heavy atom. The van der Waals surface area contributed by atoms with Crippen molar-refractivity contribution < 1.29 is 18.6 Å². The number of rotatable bonds is 2. The van der Waals surface area contributed by atoms with Crippen LogP contribution < -0.4 is 0 Å². The molecular formula is C13H19NO4S. The van der Waals surface area contributed by atoms with Crippen molar-refractivity contribution in [3.8, 4) is 0 Å². The second-order valence-corrected chi connectivity index (χ2v) is 7.57. The summed E-state index contributed by atoms with van der Waals surface area (Å²) in [7, 11) is -3.68. The number of aliphatic hydroxyl groups is 2. The van der Waals surface area contributed by atoms with E-state index in [-0.39, 0.29) is 18.0 Å². The topological polar surface area (TPSA) is 77.8 Å². The number of aryl methyl sites for hydroxylation is 1. The summed E-state index contributed by atoms with van der Waals surface area (Å²) in [5.74, 6) is 0. The number of benzene rings is 1. The van der Waals surface area contributed by atoms with E-state index in [0.717, 1.165) is 9.87 Å². The standard InChI is InChI=1S/C13H19NO4S/c1-10-4-6-11(7-5-10)19(17,18)14-8-12(2,15)13(3,16)9-14/h4-7,15-16H,8-9H2,1-3H3/t12-,13-/m1/s1. The van der Waals surface area contributed by atoms with Gasteiger partial charge in [0.1, 0.15) is 11.2 Å². The molecular weight excluding hydrogens is 266 g/mol. The van der Waals surface area contributed by atoms with Crippen LogP contribution >= 0.6 is 0 Å². The van der Waals surface area contributed by atoms with Crippen LogP contribution in [-0.4, -0.2) is 47.2 Å². The van der Waals surface area contributed by atoms with Crippen LogP contribution in [-0.2, 0) is 10.0 Å². The second-order valence-electron chi connectivity index (χ2n) is 5.63. The molecule has 2 rings (SSSR count). The molecule has 1 aliphatic heterocycles. The molecule has 1 aromatic carbocycles. The van der Waals surface area contributed by atoms with Crippen molar-refractivity contribution in [3.05, 3.63) is 29.8 Å². The number of hydrogen-bond acceptors (Lipinski definition) is 4. The third kappa shape index (κ3) is 2.41. The van der Waals surface area contributed by atoms with Crippen LogP contribution in [0.5, 0.6) is 0 Å². The van der Waals surface area contributed by atoms with Crippen molar-refractivity contribution in [3.63, 3.8) is 0 Å². The molecule has 0 spiro atoms. The minimum absolute atomic E-state index is 0.115. The zero-order valence-corrected chi connectivity index (χ0v) is 12.1. The number of β-amino-alcohol motifs (C(OH)–C–C–N with tert-alkyl or cyclic N) is 2. The molecule has 1 saturated heterocycles. The highest BCUT2D eigenvalue weighted by Gasteiger charge is 2.53. The molecule has 0 amide bonds. The quantitative estimate of drug-likeness (QED) is 0.829. The summed E-state index contributed by atoms with van der Waals surface area (Å²) < 4.78 is 26.0. The Morgan fingerprint density at radius 1 is 1.05 bits per heavy atom. The third-order valence-electron chi connectivity index (χ3n) is 3.79. The van der Waals surface area contributed by atoms with Gasteiger partial charge < -0.3 is 10.2 Å². The summed E-state index contributed by atoms with van der Waals surface area (Å²) in [6, 6.07) is 6.51. The molecule has 6 heteroatoms. The highest BCUT2D eigenvalue weighted by Crippen LogP contribution is 2.34. The van der Waals surface area contributed by atoms with Gasteiger partial charge in [0.2, 0.25) is 10.0 Å². The molecule has 0 saturated carbocycles. The predicted molar refractivity (Wildman–Crippen MR) is 71.2 cm³/mol. The fourth-order valence-electron chi connectivity index (χ4n) is 2.11. The van der Waals surface area contributed by atoms with Gasteiger partial charge in [0.15, 0.2) is 0 Å². The van der Waals surface area contributed by atoms with Gasteiger partial charge in [-0.25, -0.2) is 8.42 Å². The Kier molecular flexibility index (Phi) is 3.25. The van der Waals surface area contributed by atoms with Crippen molar-refractivity contribution in [2.24, 2.45) is 0 Å². The van der Waals surface area contributed by atoms with E-state index < -0.39 is 21.2 Å². The fourth-order valence-corrected chi connectivity index (χ4v) is 3.73. The molecule has 0 aromatic heterocycles. The summed E-state index contributed by atoms with van der Waals surface area (Å²) in [6.45, 7) is 4.53. The Labute approximate surface area is 113 Å². The molecule has 0 aliphatic carbocycles. The van der Waals surface area contributed by atoms with Crippen LogP contribution in [0.3, 0.4) is 0 Å². The fraction of sp³-hybridized carbons (Fsp3) is 0.538. The Morgan fingerprint density at radius 2 is 1.47 bits per heavy atom. The van der Waals surface area contributed by atoms with E-state index >= 15 is 0 Å². The first kappa shape index (κ1) is 14.5. The molecule has 106 valence electrons. The van der Waals surface area contributed by atoms with Gasteiger partial charge >= 0.3 is 0 Å². The average Bonchev–Trinajstić information content (AvgIpc) is 2.49. The lowest BCUT2D eigenvalue weighted by atomic mass is 9.90. The maximum atomic E-state index is 12.4.